The number of rotatable bonds is 6. The van der Waals surface area contributed by atoms with Crippen LogP contribution in [0.25, 0.3) is 22.4 Å². The first-order valence-corrected chi connectivity index (χ1v) is 11.6. The molecule has 1 aliphatic carbocycles. The molecule has 1 saturated carbocycles. The molecule has 1 N–H and O–H groups in total. The lowest BCUT2D eigenvalue weighted by Crippen LogP contribution is -2.52. The number of benzene rings is 1. The molecule has 2 unspecified atom stereocenters. The Labute approximate surface area is 200 Å². The summed E-state index contributed by atoms with van der Waals surface area (Å²) in [7, 11) is 1.72. The quantitative estimate of drug-likeness (QED) is 0.460. The van der Waals surface area contributed by atoms with Gasteiger partial charge in [0.15, 0.2) is 5.82 Å². The molecular formula is C25H23FN8O. The van der Waals surface area contributed by atoms with Crippen LogP contribution in [0.2, 0.25) is 0 Å². The summed E-state index contributed by atoms with van der Waals surface area (Å²) in [5.74, 6) is -0.265. The second kappa shape index (κ2) is 8.20. The van der Waals surface area contributed by atoms with Gasteiger partial charge in [-0.15, -0.1) is 0 Å². The van der Waals surface area contributed by atoms with E-state index < -0.39 is 5.82 Å². The van der Waals surface area contributed by atoms with E-state index >= 15 is 0 Å². The van der Waals surface area contributed by atoms with Crippen LogP contribution in [0.3, 0.4) is 0 Å². The van der Waals surface area contributed by atoms with Crippen LogP contribution in [0.1, 0.15) is 35.8 Å². The van der Waals surface area contributed by atoms with Crippen molar-refractivity contribution in [1.29, 1.82) is 5.26 Å². The molecule has 1 aromatic carbocycles. The van der Waals surface area contributed by atoms with E-state index in [-0.39, 0.29) is 29.6 Å². The summed E-state index contributed by atoms with van der Waals surface area (Å²) < 4.78 is 16.8. The van der Waals surface area contributed by atoms with Crippen LogP contribution < -0.4 is 4.90 Å². The maximum atomic E-state index is 15.0. The fraction of sp³-hybridized carbons (Fsp3) is 0.320. The molecule has 176 valence electrons. The number of hydrogen-bond acceptors (Lipinski definition) is 6. The average Bonchev–Trinajstić information content (AvgIpc) is 3.40. The van der Waals surface area contributed by atoms with Crippen LogP contribution in [-0.2, 0) is 0 Å². The van der Waals surface area contributed by atoms with Crippen LogP contribution in [0.5, 0.6) is 0 Å². The maximum Gasteiger partial charge on any atom is 0.256 e. The van der Waals surface area contributed by atoms with Gasteiger partial charge < -0.3 is 14.8 Å². The minimum atomic E-state index is -0.545. The molecule has 2 fully saturated rings. The van der Waals surface area contributed by atoms with Crippen LogP contribution in [0, 0.1) is 23.1 Å². The Morgan fingerprint density at radius 3 is 2.94 bits per heavy atom. The molecule has 4 aromatic rings. The van der Waals surface area contributed by atoms with Gasteiger partial charge in [0.2, 0.25) is 0 Å². The van der Waals surface area contributed by atoms with Gasteiger partial charge in [-0.25, -0.2) is 19.0 Å². The third kappa shape index (κ3) is 3.69. The largest absolute Gasteiger partial charge is 0.349 e. The summed E-state index contributed by atoms with van der Waals surface area (Å²) in [6.45, 7) is 0.590. The highest BCUT2D eigenvalue weighted by atomic mass is 19.1. The summed E-state index contributed by atoms with van der Waals surface area (Å²) in [4.78, 5) is 28.3. The first-order chi connectivity index (χ1) is 17.0. The van der Waals surface area contributed by atoms with Gasteiger partial charge in [-0.3, -0.25) is 4.79 Å². The molecule has 2 aliphatic rings. The molecule has 0 bridgehead atoms. The number of halogens is 1. The number of anilines is 1. The van der Waals surface area contributed by atoms with Crippen molar-refractivity contribution in [3.63, 3.8) is 0 Å². The van der Waals surface area contributed by atoms with Crippen LogP contribution in [0.15, 0.2) is 49.1 Å². The van der Waals surface area contributed by atoms with Crippen molar-refractivity contribution in [1.82, 2.24) is 29.6 Å². The molecule has 3 aromatic heterocycles. The fourth-order valence-electron chi connectivity index (χ4n) is 4.73. The van der Waals surface area contributed by atoms with E-state index in [4.69, 9.17) is 0 Å². The van der Waals surface area contributed by atoms with E-state index in [2.05, 4.69) is 26.1 Å². The second-order valence-corrected chi connectivity index (χ2v) is 9.18. The number of aromatic nitrogens is 5. The molecule has 6 rings (SSSR count). The summed E-state index contributed by atoms with van der Waals surface area (Å²) in [6.07, 6.45) is 9.14. The third-order valence-electron chi connectivity index (χ3n) is 6.89. The molecule has 1 saturated heterocycles. The topological polar surface area (TPSA) is 107 Å². The number of hydrogen-bond donors (Lipinski definition) is 1. The van der Waals surface area contributed by atoms with Crippen molar-refractivity contribution in [3.05, 3.63) is 60.4 Å². The molecule has 4 heterocycles. The van der Waals surface area contributed by atoms with Gasteiger partial charge in [0.1, 0.15) is 17.6 Å². The second-order valence-electron chi connectivity index (χ2n) is 9.18. The first-order valence-electron chi connectivity index (χ1n) is 11.6. The number of carbonyl (C=O) groups is 1. The summed E-state index contributed by atoms with van der Waals surface area (Å²) in [5.41, 5.74) is 2.22. The van der Waals surface area contributed by atoms with E-state index in [1.165, 1.54) is 6.07 Å². The number of H-pyrrole nitrogens is 1. The van der Waals surface area contributed by atoms with Crippen LogP contribution >= 0.6 is 0 Å². The van der Waals surface area contributed by atoms with E-state index in [0.29, 0.717) is 24.5 Å². The SMILES string of the molecule is CN(C(=O)c1ccc(N2CC(CC#N)C2n2cc(-c3ncc4cc[nH]c4n3)cn2)cc1F)C1CC1. The van der Waals surface area contributed by atoms with Gasteiger partial charge in [-0.2, -0.15) is 10.4 Å². The summed E-state index contributed by atoms with van der Waals surface area (Å²) in [5, 5.41) is 14.8. The number of nitriles is 1. The van der Waals surface area contributed by atoms with Crippen molar-refractivity contribution in [2.45, 2.75) is 31.5 Å². The van der Waals surface area contributed by atoms with Gasteiger partial charge in [-0.05, 0) is 37.1 Å². The normalized spacial score (nSPS) is 19.4. The monoisotopic (exact) mass is 470 g/mol. The number of fused-ring (bicyclic) bond motifs is 1. The van der Waals surface area contributed by atoms with Crippen LogP contribution in [-0.4, -0.2) is 55.2 Å². The Morgan fingerprint density at radius 2 is 2.17 bits per heavy atom. The number of amides is 1. The Hall–Kier alpha value is -4.26. The number of nitrogens with zero attached hydrogens (tertiary/aromatic N) is 7. The standard InChI is InChI=1S/C25H23FN8O/c1-32(18-2-3-18)25(35)20-5-4-19(10-21(20)26)33-13-16(6-8-27)24(33)34-14-17(12-30-34)23-29-11-15-7-9-28-22(15)31-23/h4-5,7,9-12,14,16,18,24H,2-3,6,13H2,1H3,(H,28,29,31). The van der Waals surface area contributed by atoms with Gasteiger partial charge in [0.05, 0.1) is 23.4 Å². The lowest BCUT2D eigenvalue weighted by atomic mass is 9.91. The molecule has 0 spiro atoms. The highest BCUT2D eigenvalue weighted by molar-refractivity contribution is 5.95. The number of carbonyl (C=O) groups excluding carboxylic acids is 1. The molecule has 35 heavy (non-hydrogen) atoms. The Balaban J connectivity index is 1.27. The van der Waals surface area contributed by atoms with E-state index in [0.717, 1.165) is 29.4 Å². The molecule has 10 heteroatoms. The molecule has 1 aliphatic heterocycles. The zero-order valence-corrected chi connectivity index (χ0v) is 19.1. The lowest BCUT2D eigenvalue weighted by molar-refractivity contribution is 0.0780. The maximum absolute atomic E-state index is 15.0. The molecule has 0 radical (unpaired) electrons. The first kappa shape index (κ1) is 21.3. The summed E-state index contributed by atoms with van der Waals surface area (Å²) >= 11 is 0. The molecular weight excluding hydrogens is 447 g/mol. The van der Waals surface area contributed by atoms with Gasteiger partial charge in [0, 0.05) is 61.6 Å². The predicted molar refractivity (Wildman–Crippen MR) is 127 cm³/mol. The lowest BCUT2D eigenvalue weighted by Gasteiger charge is -2.48. The highest BCUT2D eigenvalue weighted by Gasteiger charge is 2.41. The Kier molecular flexibility index (Phi) is 4.99. The third-order valence-corrected chi connectivity index (χ3v) is 6.89. The van der Waals surface area contributed by atoms with Gasteiger partial charge in [0.25, 0.3) is 5.91 Å². The Bertz CT molecular complexity index is 1470. The van der Waals surface area contributed by atoms with Crippen molar-refractivity contribution < 1.29 is 9.18 Å². The molecule has 2 atom stereocenters. The number of nitrogens with one attached hydrogen (secondary N) is 1. The number of aromatic amines is 1. The van der Waals surface area contributed by atoms with Crippen molar-refractivity contribution in [2.24, 2.45) is 5.92 Å². The minimum Gasteiger partial charge on any atom is -0.349 e. The van der Waals surface area contributed by atoms with E-state index in [1.54, 1.807) is 41.2 Å². The van der Waals surface area contributed by atoms with E-state index in [9.17, 15) is 14.4 Å². The van der Waals surface area contributed by atoms with Gasteiger partial charge in [-0.1, -0.05) is 0 Å². The minimum absolute atomic E-state index is 0.0323. The predicted octanol–water partition coefficient (Wildman–Crippen LogP) is 3.74. The molecule has 1 amide bonds. The smallest absolute Gasteiger partial charge is 0.256 e. The average molecular weight is 471 g/mol. The summed E-state index contributed by atoms with van der Waals surface area (Å²) in [6, 6.07) is 9.07. The van der Waals surface area contributed by atoms with Gasteiger partial charge >= 0.3 is 0 Å². The van der Waals surface area contributed by atoms with Crippen molar-refractivity contribution >= 4 is 22.6 Å². The van der Waals surface area contributed by atoms with Crippen molar-refractivity contribution in [3.8, 4) is 17.5 Å². The molecule has 9 nitrogen and oxygen atoms in total. The zero-order chi connectivity index (χ0) is 24.1. The van der Waals surface area contributed by atoms with Crippen LogP contribution in [0.4, 0.5) is 10.1 Å². The van der Waals surface area contributed by atoms with Crippen molar-refractivity contribution in [2.75, 3.05) is 18.5 Å². The zero-order valence-electron chi connectivity index (χ0n) is 19.1. The fourth-order valence-corrected chi connectivity index (χ4v) is 4.73. The highest BCUT2D eigenvalue weighted by Crippen LogP contribution is 2.41. The van der Waals surface area contributed by atoms with E-state index in [1.807, 2.05) is 23.4 Å². The Morgan fingerprint density at radius 1 is 1.31 bits per heavy atom.